The molecule has 1 fully saturated rings. The molecule has 0 radical (unpaired) electrons. The number of rotatable bonds is 3. The summed E-state index contributed by atoms with van der Waals surface area (Å²) in [6.07, 6.45) is -2.82. The van der Waals surface area contributed by atoms with Crippen LogP contribution < -0.4 is 0 Å². The number of carbonyl (C=O) groups is 3. The molecule has 1 aliphatic rings. The van der Waals surface area contributed by atoms with Crippen LogP contribution in [-0.4, -0.2) is 67.5 Å². The molecule has 1 unspecified atom stereocenters. The van der Waals surface area contributed by atoms with Crippen molar-refractivity contribution in [3.63, 3.8) is 0 Å². The molecule has 0 bridgehead atoms. The first-order chi connectivity index (χ1) is 10.3. The monoisotopic (exact) mass is 358 g/mol. The van der Waals surface area contributed by atoms with Gasteiger partial charge in [-0.15, -0.1) is 0 Å². The Morgan fingerprint density at radius 2 is 1.30 bits per heavy atom. The zero-order valence-corrected chi connectivity index (χ0v) is 12.9. The Hall–Kier alpha value is -1.50. The molecule has 0 aromatic rings. The topological polar surface area (TPSA) is 169 Å². The van der Waals surface area contributed by atoms with E-state index >= 15 is 0 Å². The van der Waals surface area contributed by atoms with Crippen LogP contribution in [0, 0.1) is 0 Å². The summed E-state index contributed by atoms with van der Waals surface area (Å²) in [7, 11) is 0. The molecule has 1 rings (SSSR count). The minimum atomic E-state index is -3.53. The molecule has 23 heavy (non-hydrogen) atoms. The fraction of sp³-hybridized carbons (Fsp3) is 0.727. The minimum Gasteiger partial charge on any atom is -0.423 e. The highest BCUT2D eigenvalue weighted by molar-refractivity contribution is 6.20. The van der Waals surface area contributed by atoms with Gasteiger partial charge in [0.25, 0.3) is 0 Å². The second kappa shape index (κ2) is 6.19. The maximum Gasteiger partial charge on any atom is 0.363 e. The van der Waals surface area contributed by atoms with Gasteiger partial charge in [0.1, 0.15) is 0 Å². The Balaban J connectivity index is 3.43. The summed E-state index contributed by atoms with van der Waals surface area (Å²) < 4.78 is 17.6. The van der Waals surface area contributed by atoms with Crippen molar-refractivity contribution < 1.29 is 53.8 Å². The van der Waals surface area contributed by atoms with Gasteiger partial charge >= 0.3 is 35.5 Å². The lowest BCUT2D eigenvalue weighted by molar-refractivity contribution is -0.515. The molecule has 12 heteroatoms. The van der Waals surface area contributed by atoms with Crippen molar-refractivity contribution in [1.82, 2.24) is 0 Å². The van der Waals surface area contributed by atoms with E-state index < -0.39 is 47.1 Å². The highest BCUT2D eigenvalue weighted by Gasteiger charge is 2.76. The van der Waals surface area contributed by atoms with Crippen LogP contribution in [0.1, 0.15) is 20.8 Å². The summed E-state index contributed by atoms with van der Waals surface area (Å²) in [6.45, 7) is 2.38. The van der Waals surface area contributed by atoms with Crippen LogP contribution in [0.25, 0.3) is 0 Å². The third kappa shape index (κ3) is 3.39. The van der Waals surface area contributed by atoms with Gasteiger partial charge in [-0.25, -0.2) is 0 Å². The molecule has 1 aliphatic heterocycles. The first-order valence-corrected chi connectivity index (χ1v) is 6.48. The molecular formula is C11H15ClO11. The second-order valence-corrected chi connectivity index (χ2v) is 5.04. The molecule has 11 nitrogen and oxygen atoms in total. The van der Waals surface area contributed by atoms with Gasteiger partial charge in [0.2, 0.25) is 11.7 Å². The SMILES string of the molecule is CC(=O)O[C@]1(O)OC(Cl)[C@](O)(OC(C)=O)[C@](O)(OC(C)=O)[C@H]1O. The summed E-state index contributed by atoms with van der Waals surface area (Å²) in [4.78, 5) is 33.3. The molecule has 0 amide bonds. The molecule has 0 saturated carbocycles. The Labute approximate surface area is 134 Å². The van der Waals surface area contributed by atoms with Gasteiger partial charge in [0.05, 0.1) is 0 Å². The zero-order chi connectivity index (χ0) is 18.2. The van der Waals surface area contributed by atoms with Crippen molar-refractivity contribution in [2.45, 2.75) is 50.0 Å². The van der Waals surface area contributed by atoms with E-state index in [0.717, 1.165) is 20.8 Å². The van der Waals surface area contributed by atoms with E-state index in [4.69, 9.17) is 11.6 Å². The maximum atomic E-state index is 11.2. The highest BCUT2D eigenvalue weighted by atomic mass is 35.5. The van der Waals surface area contributed by atoms with Crippen molar-refractivity contribution >= 4 is 29.5 Å². The predicted octanol–water partition coefficient (Wildman–Crippen LogP) is -2.35. The second-order valence-electron chi connectivity index (χ2n) is 4.64. The number of alkyl halides is 1. The molecule has 0 aliphatic carbocycles. The Kier molecular flexibility index (Phi) is 5.26. The van der Waals surface area contributed by atoms with E-state index in [2.05, 4.69) is 18.9 Å². The van der Waals surface area contributed by atoms with Crippen LogP contribution in [0.4, 0.5) is 0 Å². The smallest absolute Gasteiger partial charge is 0.363 e. The van der Waals surface area contributed by atoms with Crippen LogP contribution in [0.3, 0.4) is 0 Å². The summed E-state index contributed by atoms with van der Waals surface area (Å²) in [6, 6.07) is 0. The number of halogens is 1. The van der Waals surface area contributed by atoms with Crippen LogP contribution in [0.2, 0.25) is 0 Å². The number of aliphatic hydroxyl groups excluding tert-OH is 1. The first-order valence-electron chi connectivity index (χ1n) is 6.04. The molecule has 1 saturated heterocycles. The molecule has 4 N–H and O–H groups in total. The van der Waals surface area contributed by atoms with E-state index in [-0.39, 0.29) is 0 Å². The molecule has 0 spiro atoms. The molecular weight excluding hydrogens is 344 g/mol. The standard InChI is InChI=1S/C11H15ClO11/c1-4(13)20-9(17)7(16)11(19,22-6(3)15)23-8(12)10(9,18)21-5(2)14/h7-8,16-19H,1-3H3/t7-,8?,9-,10+,11+/m1/s1. The number of esters is 3. The summed E-state index contributed by atoms with van der Waals surface area (Å²) in [5.41, 5.74) is -2.32. The van der Waals surface area contributed by atoms with Gasteiger partial charge in [-0.2, -0.15) is 0 Å². The quantitative estimate of drug-likeness (QED) is 0.184. The molecule has 132 valence electrons. The Morgan fingerprint density at radius 1 is 0.913 bits per heavy atom. The van der Waals surface area contributed by atoms with E-state index in [1.54, 1.807) is 0 Å². The molecule has 1 heterocycles. The summed E-state index contributed by atoms with van der Waals surface area (Å²) >= 11 is 5.61. The van der Waals surface area contributed by atoms with Gasteiger partial charge in [0.15, 0.2) is 0 Å². The first kappa shape index (κ1) is 19.5. The van der Waals surface area contributed by atoms with Crippen molar-refractivity contribution in [2.24, 2.45) is 0 Å². The van der Waals surface area contributed by atoms with Gasteiger partial charge in [-0.1, -0.05) is 11.6 Å². The predicted molar refractivity (Wildman–Crippen MR) is 66.9 cm³/mol. The molecule has 0 aromatic heterocycles. The van der Waals surface area contributed by atoms with Gasteiger partial charge < -0.3 is 34.6 Å². The zero-order valence-electron chi connectivity index (χ0n) is 12.2. The maximum absolute atomic E-state index is 11.2. The van der Waals surface area contributed by atoms with Crippen LogP contribution in [0.15, 0.2) is 0 Å². The number of ether oxygens (including phenoxy) is 4. The number of hydrogen-bond acceptors (Lipinski definition) is 11. The normalized spacial score (nSPS) is 40.2. The average molecular weight is 359 g/mol. The number of hydrogen-bond donors (Lipinski definition) is 4. The fourth-order valence-corrected chi connectivity index (χ4v) is 2.20. The lowest BCUT2D eigenvalue weighted by Crippen LogP contribution is -2.79. The number of carbonyl (C=O) groups excluding carboxylic acids is 3. The lowest BCUT2D eigenvalue weighted by atomic mass is 9.94. The van der Waals surface area contributed by atoms with Crippen LogP contribution in [-0.2, 0) is 33.3 Å². The largest absolute Gasteiger partial charge is 0.423 e. The Morgan fingerprint density at radius 3 is 1.70 bits per heavy atom. The molecule has 0 aromatic carbocycles. The van der Waals surface area contributed by atoms with E-state index in [0.29, 0.717) is 0 Å². The Bertz CT molecular complexity index is 524. The van der Waals surface area contributed by atoms with Crippen LogP contribution >= 0.6 is 11.6 Å². The third-order valence-electron chi connectivity index (χ3n) is 2.70. The average Bonchev–Trinajstić information content (AvgIpc) is 2.33. The summed E-state index contributed by atoms with van der Waals surface area (Å²) in [5, 5.41) is 40.7. The minimum absolute atomic E-state index is 0.766. The van der Waals surface area contributed by atoms with E-state index in [1.807, 2.05) is 0 Å². The van der Waals surface area contributed by atoms with Gasteiger partial charge in [0, 0.05) is 20.8 Å². The van der Waals surface area contributed by atoms with E-state index in [9.17, 15) is 34.8 Å². The van der Waals surface area contributed by atoms with Crippen molar-refractivity contribution in [3.8, 4) is 0 Å². The lowest BCUT2D eigenvalue weighted by Gasteiger charge is -2.52. The highest BCUT2D eigenvalue weighted by Crippen LogP contribution is 2.45. The number of aliphatic hydroxyl groups is 4. The van der Waals surface area contributed by atoms with Crippen molar-refractivity contribution in [2.75, 3.05) is 0 Å². The van der Waals surface area contributed by atoms with Gasteiger partial charge in [-0.3, -0.25) is 19.1 Å². The van der Waals surface area contributed by atoms with Crippen molar-refractivity contribution in [3.05, 3.63) is 0 Å². The van der Waals surface area contributed by atoms with E-state index in [1.165, 1.54) is 0 Å². The fourth-order valence-electron chi connectivity index (χ4n) is 1.87. The van der Waals surface area contributed by atoms with Crippen molar-refractivity contribution in [1.29, 1.82) is 0 Å². The van der Waals surface area contributed by atoms with Gasteiger partial charge in [-0.05, 0) is 0 Å². The molecule has 5 atom stereocenters. The summed E-state index contributed by atoms with van der Waals surface area (Å²) in [5.74, 6) is -13.8. The van der Waals surface area contributed by atoms with Crippen LogP contribution in [0.5, 0.6) is 0 Å². The third-order valence-corrected chi connectivity index (χ3v) is 3.08.